The molecule has 0 N–H and O–H groups in total. The molecule has 1 rings (SSSR count). The minimum atomic E-state index is 0.432. The van der Waals surface area contributed by atoms with E-state index in [0.717, 1.165) is 0 Å². The summed E-state index contributed by atoms with van der Waals surface area (Å²) in [6.45, 7) is 0. The molecule has 0 amide bonds. The second-order valence-corrected chi connectivity index (χ2v) is 2.41. The number of pyridine rings is 1. The van der Waals surface area contributed by atoms with Crippen LogP contribution in [0.25, 0.3) is 6.08 Å². The van der Waals surface area contributed by atoms with Crippen molar-refractivity contribution in [2.75, 3.05) is 5.88 Å². The largest absolute Gasteiger partial charge is 0.256 e. The molecule has 0 radical (unpaired) electrons. The molecular weight excluding hydrogens is 172 g/mol. The lowest BCUT2D eigenvalue weighted by molar-refractivity contribution is 1.27. The Labute approximate surface area is 76.1 Å². The minimum Gasteiger partial charge on any atom is -0.256 e. The lowest BCUT2D eigenvalue weighted by Crippen LogP contribution is -1.85. The number of nitrogens with zero attached hydrogens (tertiary/aromatic N) is 2. The maximum atomic E-state index is 8.66. The van der Waals surface area contributed by atoms with Gasteiger partial charge in [0.25, 0.3) is 0 Å². The minimum absolute atomic E-state index is 0.432. The summed E-state index contributed by atoms with van der Waals surface area (Å²) < 4.78 is 0. The highest BCUT2D eigenvalue weighted by Gasteiger charge is 1.95. The Morgan fingerprint density at radius 1 is 1.67 bits per heavy atom. The van der Waals surface area contributed by atoms with E-state index in [2.05, 4.69) is 4.98 Å². The molecule has 0 aliphatic rings. The molecule has 0 spiro atoms. The fourth-order valence-electron chi connectivity index (χ4n) is 0.801. The van der Waals surface area contributed by atoms with Crippen molar-refractivity contribution in [1.29, 1.82) is 5.26 Å². The van der Waals surface area contributed by atoms with Crippen molar-refractivity contribution in [3.8, 4) is 6.07 Å². The Morgan fingerprint density at radius 2 is 2.50 bits per heavy atom. The first-order valence-electron chi connectivity index (χ1n) is 3.46. The van der Waals surface area contributed by atoms with E-state index in [1.165, 1.54) is 0 Å². The van der Waals surface area contributed by atoms with Crippen molar-refractivity contribution >= 4 is 17.7 Å². The highest BCUT2D eigenvalue weighted by atomic mass is 35.5. The van der Waals surface area contributed by atoms with Gasteiger partial charge in [-0.25, -0.2) is 0 Å². The van der Waals surface area contributed by atoms with Gasteiger partial charge in [-0.2, -0.15) is 5.26 Å². The van der Waals surface area contributed by atoms with Crippen LogP contribution in [0.3, 0.4) is 0 Å². The number of alkyl halides is 1. The molecule has 0 unspecified atom stereocenters. The van der Waals surface area contributed by atoms with E-state index in [9.17, 15) is 0 Å². The lowest BCUT2D eigenvalue weighted by atomic mass is 10.2. The number of rotatable bonds is 2. The van der Waals surface area contributed by atoms with Gasteiger partial charge in [0.05, 0.1) is 11.3 Å². The first-order valence-corrected chi connectivity index (χ1v) is 3.99. The Kier molecular flexibility index (Phi) is 3.31. The molecule has 0 saturated carbocycles. The van der Waals surface area contributed by atoms with Gasteiger partial charge < -0.3 is 0 Å². The van der Waals surface area contributed by atoms with Crippen molar-refractivity contribution in [2.45, 2.75) is 0 Å². The highest BCUT2D eigenvalue weighted by Crippen LogP contribution is 2.05. The van der Waals surface area contributed by atoms with Gasteiger partial charge in [-0.1, -0.05) is 6.08 Å². The Morgan fingerprint density at radius 3 is 3.17 bits per heavy atom. The number of nitriles is 1. The van der Waals surface area contributed by atoms with Gasteiger partial charge in [-0.15, -0.1) is 11.6 Å². The molecule has 60 valence electrons. The van der Waals surface area contributed by atoms with E-state index in [1.807, 2.05) is 6.07 Å². The van der Waals surface area contributed by atoms with Crippen LogP contribution in [0.1, 0.15) is 11.3 Å². The molecule has 2 nitrogen and oxygen atoms in total. The normalized spacial score (nSPS) is 10.0. The van der Waals surface area contributed by atoms with Gasteiger partial charge >= 0.3 is 0 Å². The average Bonchev–Trinajstić information content (AvgIpc) is 2.15. The molecule has 0 aliphatic carbocycles. The van der Waals surface area contributed by atoms with Crippen molar-refractivity contribution in [1.82, 2.24) is 4.98 Å². The molecule has 0 atom stereocenters. The molecule has 1 aromatic heterocycles. The summed E-state index contributed by atoms with van der Waals surface area (Å²) in [7, 11) is 0. The molecule has 3 heteroatoms. The first kappa shape index (κ1) is 8.76. The highest BCUT2D eigenvalue weighted by molar-refractivity contribution is 6.19. The van der Waals surface area contributed by atoms with Crippen molar-refractivity contribution in [3.63, 3.8) is 0 Å². The monoisotopic (exact) mass is 178 g/mol. The number of hydrogen-bond donors (Lipinski definition) is 0. The van der Waals surface area contributed by atoms with E-state index in [-0.39, 0.29) is 0 Å². The van der Waals surface area contributed by atoms with Gasteiger partial charge in [-0.05, 0) is 18.2 Å². The van der Waals surface area contributed by atoms with Crippen LogP contribution in [0, 0.1) is 11.3 Å². The fraction of sp³-hybridized carbons (Fsp3) is 0.111. The van der Waals surface area contributed by atoms with Gasteiger partial charge in [0.2, 0.25) is 0 Å². The van der Waals surface area contributed by atoms with Gasteiger partial charge in [-0.3, -0.25) is 4.98 Å². The van der Waals surface area contributed by atoms with E-state index in [1.54, 1.807) is 30.5 Å². The molecule has 0 fully saturated rings. The molecule has 0 saturated heterocycles. The van der Waals surface area contributed by atoms with Gasteiger partial charge in [0, 0.05) is 12.1 Å². The Bertz CT molecular complexity index is 326. The summed E-state index contributed by atoms with van der Waals surface area (Å²) in [5, 5.41) is 8.66. The van der Waals surface area contributed by atoms with Crippen molar-refractivity contribution < 1.29 is 0 Å². The smallest absolute Gasteiger partial charge is 0.101 e. The van der Waals surface area contributed by atoms with Crippen LogP contribution < -0.4 is 0 Å². The number of allylic oxidation sites excluding steroid dienone is 1. The summed E-state index contributed by atoms with van der Waals surface area (Å²) in [6.07, 6.45) is 5.14. The van der Waals surface area contributed by atoms with E-state index >= 15 is 0 Å². The quantitative estimate of drug-likeness (QED) is 0.651. The SMILES string of the molecule is N#Cc1cccnc1C=CCCl. The van der Waals surface area contributed by atoms with E-state index in [0.29, 0.717) is 17.1 Å². The topological polar surface area (TPSA) is 36.7 Å². The van der Waals surface area contributed by atoms with Crippen LogP contribution in [-0.2, 0) is 0 Å². The number of aromatic nitrogens is 1. The van der Waals surface area contributed by atoms with Crippen LogP contribution in [-0.4, -0.2) is 10.9 Å². The van der Waals surface area contributed by atoms with Crippen LogP contribution in [0.15, 0.2) is 24.4 Å². The maximum absolute atomic E-state index is 8.66. The zero-order valence-corrected chi connectivity index (χ0v) is 7.12. The van der Waals surface area contributed by atoms with Crippen LogP contribution in [0.4, 0.5) is 0 Å². The third-order valence-corrected chi connectivity index (χ3v) is 1.50. The summed E-state index contributed by atoms with van der Waals surface area (Å²) in [5.74, 6) is 0.432. The van der Waals surface area contributed by atoms with Gasteiger partial charge in [0.1, 0.15) is 6.07 Å². The fourth-order valence-corrected chi connectivity index (χ4v) is 0.890. The molecular formula is C9H7ClN2. The van der Waals surface area contributed by atoms with Gasteiger partial charge in [0.15, 0.2) is 0 Å². The molecule has 1 aromatic rings. The van der Waals surface area contributed by atoms with E-state index in [4.69, 9.17) is 16.9 Å². The predicted octanol–water partition coefficient (Wildman–Crippen LogP) is 2.21. The van der Waals surface area contributed by atoms with Crippen LogP contribution in [0.2, 0.25) is 0 Å². The summed E-state index contributed by atoms with van der Waals surface area (Å²) in [5.41, 5.74) is 1.24. The first-order chi connectivity index (χ1) is 5.88. The average molecular weight is 179 g/mol. The maximum Gasteiger partial charge on any atom is 0.101 e. The van der Waals surface area contributed by atoms with Crippen LogP contribution >= 0.6 is 11.6 Å². The second-order valence-electron chi connectivity index (χ2n) is 2.10. The third-order valence-electron chi connectivity index (χ3n) is 1.32. The van der Waals surface area contributed by atoms with E-state index < -0.39 is 0 Å². The third kappa shape index (κ3) is 2.08. The lowest BCUT2D eigenvalue weighted by Gasteiger charge is -1.93. The molecule has 12 heavy (non-hydrogen) atoms. The number of hydrogen-bond acceptors (Lipinski definition) is 2. The standard InChI is InChI=1S/C9H7ClN2/c10-5-1-4-9-8(7-11)3-2-6-12-9/h1-4,6H,5H2. The Balaban J connectivity index is 2.99. The molecule has 0 aliphatic heterocycles. The van der Waals surface area contributed by atoms with Crippen molar-refractivity contribution in [2.24, 2.45) is 0 Å². The summed E-state index contributed by atoms with van der Waals surface area (Å²) >= 11 is 5.45. The molecule has 1 heterocycles. The summed E-state index contributed by atoms with van der Waals surface area (Å²) in [4.78, 5) is 4.02. The van der Waals surface area contributed by atoms with Crippen molar-refractivity contribution in [3.05, 3.63) is 35.7 Å². The zero-order valence-electron chi connectivity index (χ0n) is 6.37. The predicted molar refractivity (Wildman–Crippen MR) is 48.7 cm³/mol. The molecule has 0 bridgehead atoms. The summed E-state index contributed by atoms with van der Waals surface area (Å²) in [6, 6.07) is 5.50. The van der Waals surface area contributed by atoms with Crippen LogP contribution in [0.5, 0.6) is 0 Å². The molecule has 0 aromatic carbocycles. The zero-order chi connectivity index (χ0) is 8.81. The number of halogens is 1. The Hall–Kier alpha value is -1.33. The second kappa shape index (κ2) is 4.53.